The average Bonchev–Trinajstić information content (AvgIpc) is 2.83. The van der Waals surface area contributed by atoms with Crippen molar-refractivity contribution < 1.29 is 4.79 Å². The van der Waals surface area contributed by atoms with Crippen molar-refractivity contribution in [1.82, 2.24) is 15.5 Å². The smallest absolute Gasteiger partial charge is 0.220 e. The Morgan fingerprint density at radius 3 is 2.25 bits per heavy atom. The second kappa shape index (κ2) is 7.33. The van der Waals surface area contributed by atoms with Crippen LogP contribution >= 0.6 is 0 Å². The lowest BCUT2D eigenvalue weighted by molar-refractivity contribution is -0.123. The van der Waals surface area contributed by atoms with Gasteiger partial charge in [0.15, 0.2) is 0 Å². The van der Waals surface area contributed by atoms with Gasteiger partial charge in [-0.3, -0.25) is 9.69 Å². The lowest BCUT2D eigenvalue weighted by Crippen LogP contribution is -2.56. The topological polar surface area (TPSA) is 44.4 Å². The van der Waals surface area contributed by atoms with E-state index in [-0.39, 0.29) is 11.4 Å². The van der Waals surface area contributed by atoms with Crippen LogP contribution in [-0.2, 0) is 4.79 Å². The van der Waals surface area contributed by atoms with Gasteiger partial charge in [-0.05, 0) is 63.7 Å². The molecule has 4 atom stereocenters. The Bertz CT molecular complexity index is 428. The van der Waals surface area contributed by atoms with Crippen LogP contribution in [0.1, 0.15) is 66.2 Å². The molecule has 3 fully saturated rings. The maximum absolute atomic E-state index is 12.5. The van der Waals surface area contributed by atoms with Crippen molar-refractivity contribution in [2.24, 2.45) is 17.8 Å². The average molecular weight is 336 g/mol. The molecule has 3 heterocycles. The molecule has 3 aliphatic heterocycles. The molecule has 24 heavy (non-hydrogen) atoms. The molecule has 3 saturated heterocycles. The second-order valence-electron chi connectivity index (χ2n) is 9.62. The number of carbonyl (C=O) groups is 1. The third kappa shape index (κ3) is 4.51. The zero-order valence-electron chi connectivity index (χ0n) is 16.1. The molecule has 138 valence electrons. The van der Waals surface area contributed by atoms with Crippen LogP contribution in [0.15, 0.2) is 0 Å². The van der Waals surface area contributed by atoms with Gasteiger partial charge in [-0.25, -0.2) is 0 Å². The first-order valence-electron chi connectivity index (χ1n) is 10.1. The van der Waals surface area contributed by atoms with Crippen molar-refractivity contribution in [3.8, 4) is 0 Å². The van der Waals surface area contributed by atoms with E-state index in [1.54, 1.807) is 0 Å². The van der Waals surface area contributed by atoms with Crippen LogP contribution in [-0.4, -0.2) is 48.1 Å². The quantitative estimate of drug-likeness (QED) is 0.812. The zero-order valence-corrected chi connectivity index (χ0v) is 16.1. The first kappa shape index (κ1) is 18.2. The molecular weight excluding hydrogens is 298 g/mol. The van der Waals surface area contributed by atoms with Gasteiger partial charge in [0, 0.05) is 43.7 Å². The summed E-state index contributed by atoms with van der Waals surface area (Å²) < 4.78 is 0. The van der Waals surface area contributed by atoms with Gasteiger partial charge in [-0.15, -0.1) is 0 Å². The summed E-state index contributed by atoms with van der Waals surface area (Å²) >= 11 is 0. The number of rotatable bonds is 5. The van der Waals surface area contributed by atoms with Crippen LogP contribution in [0.2, 0.25) is 0 Å². The van der Waals surface area contributed by atoms with Crippen molar-refractivity contribution in [1.29, 1.82) is 0 Å². The van der Waals surface area contributed by atoms with Crippen LogP contribution < -0.4 is 10.6 Å². The van der Waals surface area contributed by atoms with E-state index in [2.05, 4.69) is 43.2 Å². The van der Waals surface area contributed by atoms with Crippen molar-refractivity contribution in [2.75, 3.05) is 19.6 Å². The second-order valence-corrected chi connectivity index (χ2v) is 9.62. The van der Waals surface area contributed by atoms with Gasteiger partial charge < -0.3 is 10.6 Å². The van der Waals surface area contributed by atoms with E-state index >= 15 is 0 Å². The maximum atomic E-state index is 12.5. The molecule has 0 radical (unpaired) electrons. The molecule has 0 spiro atoms. The zero-order chi connectivity index (χ0) is 17.3. The number of hydrogen-bond donors (Lipinski definition) is 2. The minimum absolute atomic E-state index is 0.0474. The molecule has 2 bridgehead atoms. The summed E-state index contributed by atoms with van der Waals surface area (Å²) in [5.41, 5.74) is 0.0474. The first-order chi connectivity index (χ1) is 11.3. The maximum Gasteiger partial charge on any atom is 0.220 e. The number of piperidine rings is 2. The Morgan fingerprint density at radius 2 is 1.67 bits per heavy atom. The van der Waals surface area contributed by atoms with Gasteiger partial charge in [0.05, 0.1) is 0 Å². The number of amides is 1. The molecule has 4 nitrogen and oxygen atoms in total. The van der Waals surface area contributed by atoms with E-state index in [1.807, 2.05) is 0 Å². The summed E-state index contributed by atoms with van der Waals surface area (Å²) in [5, 5.41) is 6.91. The van der Waals surface area contributed by atoms with E-state index in [1.165, 1.54) is 32.1 Å². The van der Waals surface area contributed by atoms with Gasteiger partial charge in [0.2, 0.25) is 5.91 Å². The Morgan fingerprint density at radius 1 is 1.08 bits per heavy atom. The number of fused-ring (bicyclic) bond motifs is 2. The summed E-state index contributed by atoms with van der Waals surface area (Å²) in [7, 11) is 0. The third-order valence-corrected chi connectivity index (χ3v) is 6.49. The molecule has 3 aliphatic rings. The Balaban J connectivity index is 1.44. The van der Waals surface area contributed by atoms with Crippen LogP contribution in [0.5, 0.6) is 0 Å². The highest BCUT2D eigenvalue weighted by atomic mass is 16.1. The van der Waals surface area contributed by atoms with E-state index in [9.17, 15) is 4.79 Å². The van der Waals surface area contributed by atoms with Gasteiger partial charge in [0.1, 0.15) is 0 Å². The summed E-state index contributed by atoms with van der Waals surface area (Å²) in [4.78, 5) is 15.0. The molecule has 0 aromatic carbocycles. The fourth-order valence-corrected chi connectivity index (χ4v) is 5.26. The lowest BCUT2D eigenvalue weighted by atomic mass is 9.87. The summed E-state index contributed by atoms with van der Waals surface area (Å²) in [5.74, 6) is 2.36. The minimum Gasteiger partial charge on any atom is -0.354 e. The van der Waals surface area contributed by atoms with E-state index in [0.717, 1.165) is 37.9 Å². The monoisotopic (exact) mass is 335 g/mol. The van der Waals surface area contributed by atoms with Gasteiger partial charge in [0.25, 0.3) is 0 Å². The van der Waals surface area contributed by atoms with Crippen LogP contribution in [0.4, 0.5) is 0 Å². The summed E-state index contributed by atoms with van der Waals surface area (Å²) in [6, 6.07) is 1.35. The highest BCUT2D eigenvalue weighted by Crippen LogP contribution is 2.32. The SMILES string of the molecule is CC1CC(C)CN(C(C)(C)CNC(=O)CC2CC3CCC(C2)N3)C1. The van der Waals surface area contributed by atoms with Crippen molar-refractivity contribution in [2.45, 2.75) is 83.8 Å². The Hall–Kier alpha value is -0.610. The van der Waals surface area contributed by atoms with Crippen molar-refractivity contribution in [3.63, 3.8) is 0 Å². The Labute approximate surface area is 148 Å². The summed E-state index contributed by atoms with van der Waals surface area (Å²) in [6.45, 7) is 12.3. The molecule has 2 N–H and O–H groups in total. The van der Waals surface area contributed by atoms with Gasteiger partial charge >= 0.3 is 0 Å². The fourth-order valence-electron chi connectivity index (χ4n) is 5.26. The molecule has 0 aromatic rings. The third-order valence-electron chi connectivity index (χ3n) is 6.49. The van der Waals surface area contributed by atoms with Crippen LogP contribution in [0, 0.1) is 17.8 Å². The predicted molar refractivity (Wildman–Crippen MR) is 98.9 cm³/mol. The number of nitrogens with zero attached hydrogens (tertiary/aromatic N) is 1. The van der Waals surface area contributed by atoms with E-state index in [4.69, 9.17) is 0 Å². The van der Waals surface area contributed by atoms with Crippen molar-refractivity contribution >= 4 is 5.91 Å². The predicted octanol–water partition coefficient (Wildman–Crippen LogP) is 2.78. The lowest BCUT2D eigenvalue weighted by Gasteiger charge is -2.45. The van der Waals surface area contributed by atoms with Gasteiger partial charge in [-0.2, -0.15) is 0 Å². The first-order valence-corrected chi connectivity index (χ1v) is 10.1. The molecule has 0 saturated carbocycles. The summed E-state index contributed by atoms with van der Waals surface area (Å²) in [6.07, 6.45) is 7.04. The van der Waals surface area contributed by atoms with E-state index in [0.29, 0.717) is 18.0 Å². The van der Waals surface area contributed by atoms with Crippen molar-refractivity contribution in [3.05, 3.63) is 0 Å². The molecule has 0 aromatic heterocycles. The largest absolute Gasteiger partial charge is 0.354 e. The Kier molecular flexibility index (Phi) is 5.55. The highest BCUT2D eigenvalue weighted by molar-refractivity contribution is 5.76. The number of hydrogen-bond acceptors (Lipinski definition) is 3. The standard InChI is InChI=1S/C20H37N3O/c1-14-7-15(2)12-23(11-14)20(3,4)13-21-19(24)10-16-8-17-5-6-18(9-16)22-17/h14-18,22H,5-13H2,1-4H3,(H,21,24). The molecular formula is C20H37N3O. The fraction of sp³-hybridized carbons (Fsp3) is 0.950. The molecule has 4 unspecified atom stereocenters. The number of likely N-dealkylation sites (tertiary alicyclic amines) is 1. The minimum atomic E-state index is 0.0474. The molecule has 3 rings (SSSR count). The van der Waals surface area contributed by atoms with Crippen LogP contribution in [0.25, 0.3) is 0 Å². The number of carbonyl (C=O) groups excluding carboxylic acids is 1. The molecule has 1 amide bonds. The van der Waals surface area contributed by atoms with Crippen LogP contribution in [0.3, 0.4) is 0 Å². The van der Waals surface area contributed by atoms with Gasteiger partial charge in [-0.1, -0.05) is 13.8 Å². The molecule has 4 heteroatoms. The van der Waals surface area contributed by atoms with E-state index < -0.39 is 0 Å². The molecule has 0 aliphatic carbocycles. The normalized spacial score (nSPS) is 37.4. The number of nitrogens with one attached hydrogen (secondary N) is 2. The highest BCUT2D eigenvalue weighted by Gasteiger charge is 2.35.